The number of carbonyl (C=O) groups excluding carboxylic acids is 3. The van der Waals surface area contributed by atoms with Crippen molar-refractivity contribution in [1.82, 2.24) is 29.8 Å². The van der Waals surface area contributed by atoms with Crippen molar-refractivity contribution in [2.75, 3.05) is 13.2 Å². The van der Waals surface area contributed by atoms with E-state index in [9.17, 15) is 41.1 Å². The number of ether oxygens (including phenoxy) is 2. The fraction of sp³-hybridized carbons (Fsp3) is 0.650. The number of halogens is 3. The van der Waals surface area contributed by atoms with Gasteiger partial charge in [0.05, 0.1) is 28.9 Å². The molecule has 59 heavy (non-hydrogen) atoms. The molecular formula is C40H53F3N6O9S. The first kappa shape index (κ1) is 43.9. The lowest BCUT2D eigenvalue weighted by atomic mass is 9.85. The Hall–Kier alpha value is -4.68. The Morgan fingerprint density at radius 1 is 1.10 bits per heavy atom. The van der Waals surface area contributed by atoms with Crippen molar-refractivity contribution in [3.8, 4) is 11.6 Å². The molecule has 3 N–H and O–H groups in total. The lowest BCUT2D eigenvalue weighted by Gasteiger charge is -2.43. The molecule has 4 aliphatic rings. The Balaban J connectivity index is 1.42. The van der Waals surface area contributed by atoms with Crippen molar-refractivity contribution in [2.45, 2.75) is 134 Å². The standard InChI is InChI=1S/C40H53F3N6O9S/c1-8-57-25-13-14-27-28(18-25)45-33(31(44-27)40(41,42)43)58-26-19-29-32(50)46-39(35(52)47-59(55,56)38(7)15-16-38)20-24(39)12-10-9-11-22(2)17-23(3)30(34(51)48(29)21-26)49(36(53)54)37(4,5)6/h10,12-14,18,22-24,26,29-30H,8-9,11,15-17,19-21H2,1-7H3,(H,46,50)(H,47,52)(H,53,54)/b12-10-/t22-,23+,24+,26+,29-,30-,39+/m0/s1. The van der Waals surface area contributed by atoms with Crippen LogP contribution < -0.4 is 19.5 Å². The highest BCUT2D eigenvalue weighted by Crippen LogP contribution is 2.48. The molecule has 7 atom stereocenters. The molecule has 1 aromatic heterocycles. The third-order valence-electron chi connectivity index (χ3n) is 11.9. The van der Waals surface area contributed by atoms with Crippen molar-refractivity contribution in [3.05, 3.63) is 36.0 Å². The molecule has 0 bridgehead atoms. The number of rotatable bonds is 8. The van der Waals surface area contributed by atoms with Gasteiger partial charge in [0.25, 0.3) is 5.91 Å². The van der Waals surface area contributed by atoms with Crippen LogP contribution in [-0.2, 0) is 30.6 Å². The number of fused-ring (bicyclic) bond motifs is 3. The van der Waals surface area contributed by atoms with Crippen LogP contribution >= 0.6 is 0 Å². The molecule has 15 nitrogen and oxygen atoms in total. The molecular weight excluding hydrogens is 798 g/mol. The number of carbonyl (C=O) groups is 4. The third-order valence-corrected chi connectivity index (χ3v) is 14.0. The highest BCUT2D eigenvalue weighted by atomic mass is 32.2. The molecule has 0 spiro atoms. The SMILES string of the molecule is CCOc1ccc2nc(C(F)(F)F)c(O[C@@H]3C[C@H]4C(=O)N[C@]5(C(=O)NS(=O)(=O)C6(C)CC6)C[C@H]5/C=C\CC[C@H](C)C[C@@H](C)[C@H](N(C(=O)O)C(C)(C)C)C(=O)N4C3)nc2c1. The summed E-state index contributed by atoms with van der Waals surface area (Å²) in [4.78, 5) is 66.6. The van der Waals surface area contributed by atoms with E-state index in [4.69, 9.17) is 9.47 Å². The van der Waals surface area contributed by atoms with Crippen molar-refractivity contribution >= 4 is 44.9 Å². The molecule has 1 saturated heterocycles. The van der Waals surface area contributed by atoms with Crippen molar-refractivity contribution in [1.29, 1.82) is 0 Å². The molecule has 19 heteroatoms. The first-order valence-corrected chi connectivity index (χ1v) is 21.5. The number of nitrogens with one attached hydrogen (secondary N) is 2. The Bertz CT molecular complexity index is 2140. The summed E-state index contributed by atoms with van der Waals surface area (Å²) >= 11 is 0. The minimum absolute atomic E-state index is 0.0110. The normalized spacial score (nSPS) is 29.2. The molecule has 1 aromatic carbocycles. The highest BCUT2D eigenvalue weighted by Gasteiger charge is 2.63. The van der Waals surface area contributed by atoms with Gasteiger partial charge in [-0.3, -0.25) is 24.0 Å². The van der Waals surface area contributed by atoms with Gasteiger partial charge in [-0.2, -0.15) is 13.2 Å². The molecule has 2 aliphatic heterocycles. The Morgan fingerprint density at radius 3 is 2.41 bits per heavy atom. The van der Waals surface area contributed by atoms with Crippen LogP contribution in [0.1, 0.15) is 99.1 Å². The van der Waals surface area contributed by atoms with Crippen LogP contribution in [-0.4, -0.2) is 104 Å². The summed E-state index contributed by atoms with van der Waals surface area (Å²) in [5, 5.41) is 13.3. The zero-order chi connectivity index (χ0) is 43.5. The molecule has 0 radical (unpaired) electrons. The van der Waals surface area contributed by atoms with E-state index in [2.05, 4.69) is 20.0 Å². The zero-order valence-electron chi connectivity index (χ0n) is 34.3. The predicted molar refractivity (Wildman–Crippen MR) is 209 cm³/mol. The van der Waals surface area contributed by atoms with Crippen LogP contribution in [0.3, 0.4) is 0 Å². The van der Waals surface area contributed by atoms with E-state index in [1.165, 1.54) is 25.1 Å². The molecule has 6 rings (SSSR count). The molecule has 2 aliphatic carbocycles. The zero-order valence-corrected chi connectivity index (χ0v) is 35.1. The second kappa shape index (κ2) is 15.7. The van der Waals surface area contributed by atoms with Gasteiger partial charge in [0.2, 0.25) is 33.4 Å². The van der Waals surface area contributed by atoms with Crippen LogP contribution in [0.15, 0.2) is 30.4 Å². The van der Waals surface area contributed by atoms with Gasteiger partial charge in [0, 0.05) is 23.9 Å². The molecule has 3 fully saturated rings. The molecule has 2 saturated carbocycles. The fourth-order valence-electron chi connectivity index (χ4n) is 8.26. The number of carboxylic acid groups (broad SMARTS) is 1. The lowest BCUT2D eigenvalue weighted by Crippen LogP contribution is -2.62. The molecule has 3 heterocycles. The smallest absolute Gasteiger partial charge is 0.438 e. The number of alkyl halides is 3. The number of hydrogen-bond acceptors (Lipinski definition) is 10. The average molecular weight is 851 g/mol. The van der Waals surface area contributed by atoms with Gasteiger partial charge in [-0.15, -0.1) is 0 Å². The van der Waals surface area contributed by atoms with E-state index >= 15 is 4.79 Å². The van der Waals surface area contributed by atoms with E-state index in [-0.39, 0.29) is 36.4 Å². The summed E-state index contributed by atoms with van der Waals surface area (Å²) in [6, 6.07) is 1.36. The molecule has 324 valence electrons. The highest BCUT2D eigenvalue weighted by molar-refractivity contribution is 7.91. The number of allylic oxidation sites excluding steroid dienone is 1. The van der Waals surface area contributed by atoms with Crippen LogP contribution in [0.5, 0.6) is 11.6 Å². The summed E-state index contributed by atoms with van der Waals surface area (Å²) in [5.41, 5.74) is -4.33. The Kier molecular flexibility index (Phi) is 11.7. The second-order valence-corrected chi connectivity index (χ2v) is 19.9. The van der Waals surface area contributed by atoms with Gasteiger partial charge in [-0.05, 0) is 97.1 Å². The van der Waals surface area contributed by atoms with Gasteiger partial charge in [-0.1, -0.05) is 26.0 Å². The number of nitrogens with zero attached hydrogens (tertiary/aromatic N) is 4. The summed E-state index contributed by atoms with van der Waals surface area (Å²) in [5.74, 6) is -4.39. The molecule has 0 unspecified atom stereocenters. The quantitative estimate of drug-likeness (QED) is 0.287. The second-order valence-electron chi connectivity index (χ2n) is 17.7. The summed E-state index contributed by atoms with van der Waals surface area (Å²) < 4.78 is 82.4. The van der Waals surface area contributed by atoms with Crippen molar-refractivity contribution in [3.63, 3.8) is 0 Å². The van der Waals surface area contributed by atoms with E-state index in [1.54, 1.807) is 40.7 Å². The van der Waals surface area contributed by atoms with Crippen molar-refractivity contribution in [2.24, 2.45) is 17.8 Å². The lowest BCUT2D eigenvalue weighted by molar-refractivity contribution is -0.146. The maximum atomic E-state index is 15.0. The maximum Gasteiger partial charge on any atom is 0.438 e. The number of aromatic nitrogens is 2. The van der Waals surface area contributed by atoms with Crippen LogP contribution in [0.4, 0.5) is 18.0 Å². The van der Waals surface area contributed by atoms with Gasteiger partial charge in [-0.25, -0.2) is 23.2 Å². The van der Waals surface area contributed by atoms with Gasteiger partial charge >= 0.3 is 12.3 Å². The average Bonchev–Trinajstić information content (AvgIpc) is 4.00. The number of amides is 4. The predicted octanol–water partition coefficient (Wildman–Crippen LogP) is 5.43. The minimum Gasteiger partial charge on any atom is -0.494 e. The third kappa shape index (κ3) is 8.94. The van der Waals surface area contributed by atoms with Crippen LogP contribution in [0.25, 0.3) is 11.0 Å². The van der Waals surface area contributed by atoms with E-state index in [0.717, 1.165) is 9.80 Å². The number of benzene rings is 1. The minimum atomic E-state index is -5.02. The Morgan fingerprint density at radius 2 is 1.80 bits per heavy atom. The van der Waals surface area contributed by atoms with Crippen LogP contribution in [0, 0.1) is 17.8 Å². The number of hydrogen-bond donors (Lipinski definition) is 3. The number of sulfonamides is 1. The largest absolute Gasteiger partial charge is 0.494 e. The first-order valence-electron chi connectivity index (χ1n) is 20.0. The summed E-state index contributed by atoms with van der Waals surface area (Å²) in [7, 11) is -4.12. The van der Waals surface area contributed by atoms with E-state index in [1.807, 2.05) is 13.0 Å². The van der Waals surface area contributed by atoms with Crippen LogP contribution in [0.2, 0.25) is 0 Å². The maximum absolute atomic E-state index is 15.0. The first-order chi connectivity index (χ1) is 27.4. The van der Waals surface area contributed by atoms with Crippen molar-refractivity contribution < 1.29 is 55.3 Å². The molecule has 4 amide bonds. The van der Waals surface area contributed by atoms with E-state index < -0.39 is 104 Å². The topological polar surface area (TPSA) is 197 Å². The monoisotopic (exact) mass is 850 g/mol. The van der Waals surface area contributed by atoms with Gasteiger partial charge in [0.15, 0.2) is 0 Å². The summed E-state index contributed by atoms with van der Waals surface area (Å²) in [6.07, 6.45) is -2.13. The van der Waals surface area contributed by atoms with E-state index in [0.29, 0.717) is 37.9 Å². The Labute approximate surface area is 341 Å². The summed E-state index contributed by atoms with van der Waals surface area (Å²) in [6.45, 7) is 11.7. The molecule has 2 aromatic rings. The van der Waals surface area contributed by atoms with Gasteiger partial charge < -0.3 is 24.8 Å². The van der Waals surface area contributed by atoms with Gasteiger partial charge in [0.1, 0.15) is 29.5 Å². The fourth-order valence-corrected chi connectivity index (χ4v) is 9.58.